The second-order valence-corrected chi connectivity index (χ2v) is 3.68. The van der Waals surface area contributed by atoms with Gasteiger partial charge in [0.2, 0.25) is 11.8 Å². The fourth-order valence-electron chi connectivity index (χ4n) is 1.43. The predicted molar refractivity (Wildman–Crippen MR) is 63.6 cm³/mol. The molecule has 0 unspecified atom stereocenters. The van der Waals surface area contributed by atoms with Crippen LogP contribution in [0, 0.1) is 17.0 Å². The summed E-state index contributed by atoms with van der Waals surface area (Å²) in [6.07, 6.45) is 2.95. The smallest absolute Gasteiger partial charge is 0.288 e. The molecule has 0 radical (unpaired) electrons. The molecule has 2 aromatic heterocycles. The van der Waals surface area contributed by atoms with Crippen LogP contribution < -0.4 is 4.74 Å². The van der Waals surface area contributed by atoms with E-state index in [-0.39, 0.29) is 5.69 Å². The molecule has 0 saturated heterocycles. The molecule has 18 heavy (non-hydrogen) atoms. The van der Waals surface area contributed by atoms with Crippen molar-refractivity contribution in [1.82, 2.24) is 14.8 Å². The number of hydrogen-bond acceptors (Lipinski definition) is 5. The van der Waals surface area contributed by atoms with Crippen molar-refractivity contribution in [1.29, 1.82) is 0 Å². The van der Waals surface area contributed by atoms with Gasteiger partial charge in [0.25, 0.3) is 5.69 Å². The molecule has 0 spiro atoms. The van der Waals surface area contributed by atoms with E-state index >= 15 is 0 Å². The van der Waals surface area contributed by atoms with Crippen molar-refractivity contribution in [3.8, 4) is 11.8 Å². The van der Waals surface area contributed by atoms with Gasteiger partial charge in [-0.05, 0) is 13.8 Å². The molecule has 2 aromatic rings. The van der Waals surface area contributed by atoms with Gasteiger partial charge in [0, 0.05) is 30.4 Å². The van der Waals surface area contributed by atoms with Crippen molar-refractivity contribution in [2.75, 3.05) is 0 Å². The van der Waals surface area contributed by atoms with Crippen molar-refractivity contribution < 1.29 is 9.66 Å². The highest BCUT2D eigenvalue weighted by Gasteiger charge is 2.11. The third kappa shape index (κ3) is 2.45. The van der Waals surface area contributed by atoms with Crippen molar-refractivity contribution in [2.24, 2.45) is 0 Å². The van der Waals surface area contributed by atoms with Crippen LogP contribution in [0.15, 0.2) is 24.5 Å². The van der Waals surface area contributed by atoms with Crippen molar-refractivity contribution in [3.05, 3.63) is 40.2 Å². The fourth-order valence-corrected chi connectivity index (χ4v) is 1.43. The topological polar surface area (TPSA) is 83.1 Å². The Morgan fingerprint density at radius 2 is 2.33 bits per heavy atom. The molecule has 2 heterocycles. The molecule has 0 aromatic carbocycles. The Labute approximate surface area is 103 Å². The van der Waals surface area contributed by atoms with E-state index in [2.05, 4.69) is 10.1 Å². The normalized spacial score (nSPS) is 10.3. The molecule has 0 amide bonds. The minimum absolute atomic E-state index is 0.0565. The highest BCUT2D eigenvalue weighted by Crippen LogP contribution is 2.24. The molecule has 0 aliphatic rings. The van der Waals surface area contributed by atoms with Gasteiger partial charge in [0.05, 0.1) is 4.92 Å². The summed E-state index contributed by atoms with van der Waals surface area (Å²) in [5, 5.41) is 14.7. The molecule has 0 atom stereocenters. The maximum absolute atomic E-state index is 10.6. The summed E-state index contributed by atoms with van der Waals surface area (Å²) in [7, 11) is 0. The van der Waals surface area contributed by atoms with E-state index in [1.54, 1.807) is 23.9 Å². The van der Waals surface area contributed by atoms with Crippen LogP contribution in [-0.2, 0) is 6.54 Å². The Morgan fingerprint density at radius 3 is 2.89 bits per heavy atom. The molecule has 0 saturated carbocycles. The Kier molecular flexibility index (Phi) is 3.22. The average molecular weight is 248 g/mol. The quantitative estimate of drug-likeness (QED) is 0.612. The summed E-state index contributed by atoms with van der Waals surface area (Å²) in [5.74, 6) is 0.739. The van der Waals surface area contributed by atoms with Gasteiger partial charge < -0.3 is 4.74 Å². The van der Waals surface area contributed by atoms with E-state index in [1.807, 2.05) is 6.92 Å². The molecular weight excluding hydrogens is 236 g/mol. The molecule has 0 N–H and O–H groups in total. The van der Waals surface area contributed by atoms with Crippen LogP contribution in [-0.4, -0.2) is 19.7 Å². The Balaban J connectivity index is 2.21. The zero-order chi connectivity index (χ0) is 13.1. The summed E-state index contributed by atoms with van der Waals surface area (Å²) in [5.41, 5.74) is 0.536. The van der Waals surface area contributed by atoms with Gasteiger partial charge in [-0.15, -0.1) is 5.10 Å². The Bertz CT molecular complexity index is 579. The minimum Gasteiger partial charge on any atom is -0.419 e. The maximum atomic E-state index is 10.6. The minimum atomic E-state index is -0.490. The molecule has 0 bridgehead atoms. The summed E-state index contributed by atoms with van der Waals surface area (Å²) < 4.78 is 7.18. The summed E-state index contributed by atoms with van der Waals surface area (Å²) in [4.78, 5) is 14.0. The number of pyridine rings is 1. The van der Waals surface area contributed by atoms with Gasteiger partial charge in [0.1, 0.15) is 6.20 Å². The van der Waals surface area contributed by atoms with Crippen molar-refractivity contribution in [3.63, 3.8) is 0 Å². The third-order valence-corrected chi connectivity index (χ3v) is 2.37. The first-order valence-corrected chi connectivity index (χ1v) is 5.42. The first-order valence-electron chi connectivity index (χ1n) is 5.42. The Hall–Kier alpha value is -2.44. The van der Waals surface area contributed by atoms with Gasteiger partial charge in [-0.3, -0.25) is 14.8 Å². The van der Waals surface area contributed by atoms with E-state index < -0.39 is 4.92 Å². The summed E-state index contributed by atoms with van der Waals surface area (Å²) in [6.45, 7) is 4.41. The second-order valence-electron chi connectivity index (χ2n) is 3.68. The monoisotopic (exact) mass is 248 g/mol. The molecular formula is C11H12N4O3. The summed E-state index contributed by atoms with van der Waals surface area (Å²) >= 11 is 0. The molecule has 2 rings (SSSR count). The predicted octanol–water partition coefficient (Wildman–Crippen LogP) is 2.31. The lowest BCUT2D eigenvalue weighted by molar-refractivity contribution is -0.385. The van der Waals surface area contributed by atoms with E-state index in [0.717, 1.165) is 6.54 Å². The van der Waals surface area contributed by atoms with E-state index in [9.17, 15) is 10.1 Å². The van der Waals surface area contributed by atoms with Gasteiger partial charge >= 0.3 is 0 Å². The van der Waals surface area contributed by atoms with Crippen LogP contribution >= 0.6 is 0 Å². The van der Waals surface area contributed by atoms with Crippen LogP contribution in [0.1, 0.15) is 12.5 Å². The van der Waals surface area contributed by atoms with Gasteiger partial charge in [-0.25, -0.2) is 4.98 Å². The highest BCUT2D eigenvalue weighted by atomic mass is 16.6. The van der Waals surface area contributed by atoms with E-state index in [1.165, 1.54) is 12.3 Å². The number of nitrogens with zero attached hydrogens (tertiary/aromatic N) is 4. The van der Waals surface area contributed by atoms with E-state index in [4.69, 9.17) is 4.74 Å². The lowest BCUT2D eigenvalue weighted by atomic mass is 10.3. The average Bonchev–Trinajstić information content (AvgIpc) is 2.79. The molecule has 0 fully saturated rings. The standard InChI is InChI=1S/C11H12N4O3/c1-3-14-5-4-10(13-14)18-11-8(2)6-9(7-12-11)15(16)17/h4-7H,3H2,1-2H3. The fraction of sp³-hybridized carbons (Fsp3) is 0.273. The number of aryl methyl sites for hydroxylation is 2. The SMILES string of the molecule is CCn1ccc(Oc2ncc([N+](=O)[O-])cc2C)n1. The lowest BCUT2D eigenvalue weighted by Crippen LogP contribution is -1.97. The number of ether oxygens (including phenoxy) is 1. The molecule has 0 aliphatic carbocycles. The van der Waals surface area contributed by atoms with Gasteiger partial charge in [-0.1, -0.05) is 0 Å². The lowest BCUT2D eigenvalue weighted by Gasteiger charge is -2.04. The number of hydrogen-bond donors (Lipinski definition) is 0. The zero-order valence-electron chi connectivity index (χ0n) is 10.0. The first kappa shape index (κ1) is 12.0. The molecule has 94 valence electrons. The van der Waals surface area contributed by atoms with E-state index in [0.29, 0.717) is 17.3 Å². The van der Waals surface area contributed by atoms with Crippen LogP contribution in [0.5, 0.6) is 11.8 Å². The van der Waals surface area contributed by atoms with Crippen LogP contribution in [0.3, 0.4) is 0 Å². The van der Waals surface area contributed by atoms with Gasteiger partial charge in [0.15, 0.2) is 0 Å². The largest absolute Gasteiger partial charge is 0.419 e. The van der Waals surface area contributed by atoms with Crippen molar-refractivity contribution in [2.45, 2.75) is 20.4 Å². The molecule has 7 nitrogen and oxygen atoms in total. The third-order valence-electron chi connectivity index (χ3n) is 2.37. The maximum Gasteiger partial charge on any atom is 0.288 e. The first-order chi connectivity index (χ1) is 8.60. The second kappa shape index (κ2) is 4.82. The van der Waals surface area contributed by atoms with Gasteiger partial charge in [-0.2, -0.15) is 0 Å². The Morgan fingerprint density at radius 1 is 1.56 bits per heavy atom. The van der Waals surface area contributed by atoms with Crippen LogP contribution in [0.4, 0.5) is 5.69 Å². The number of aromatic nitrogens is 3. The van der Waals surface area contributed by atoms with Crippen LogP contribution in [0.25, 0.3) is 0 Å². The molecule has 7 heteroatoms. The van der Waals surface area contributed by atoms with Crippen molar-refractivity contribution >= 4 is 5.69 Å². The summed E-state index contributed by atoms with van der Waals surface area (Å²) in [6, 6.07) is 3.13. The highest BCUT2D eigenvalue weighted by molar-refractivity contribution is 5.37. The number of nitro groups is 1. The molecule has 0 aliphatic heterocycles. The zero-order valence-corrected chi connectivity index (χ0v) is 10.0. The van der Waals surface area contributed by atoms with Crippen LogP contribution in [0.2, 0.25) is 0 Å². The number of rotatable bonds is 4.